The highest BCUT2D eigenvalue weighted by atomic mass is 17.5. The summed E-state index contributed by atoms with van der Waals surface area (Å²) in [4.78, 5) is 103. The van der Waals surface area contributed by atoms with E-state index in [4.69, 9.17) is 24.6 Å². The van der Waals surface area contributed by atoms with Crippen molar-refractivity contribution in [2.75, 3.05) is 6.54 Å². The summed E-state index contributed by atoms with van der Waals surface area (Å²) in [6.07, 6.45) is -0.393. The van der Waals surface area contributed by atoms with Gasteiger partial charge in [-0.15, -0.1) is 0 Å². The van der Waals surface area contributed by atoms with E-state index in [1.165, 1.54) is 13.8 Å². The third-order valence-corrected chi connectivity index (χ3v) is 8.56. The molecule has 3 unspecified atom stereocenters. The number of carboxylic acids is 1. The maximum Gasteiger partial charge on any atom is 0.353 e. The summed E-state index contributed by atoms with van der Waals surface area (Å²) in [5, 5.41) is 14.6. The third-order valence-electron chi connectivity index (χ3n) is 8.56. The van der Waals surface area contributed by atoms with Gasteiger partial charge in [0.1, 0.15) is 5.92 Å². The Morgan fingerprint density at radius 3 is 1.75 bits per heavy atom. The minimum absolute atomic E-state index is 0.0289. The van der Waals surface area contributed by atoms with Crippen LogP contribution in [-0.2, 0) is 53.4 Å². The Kier molecular flexibility index (Phi) is 13.8. The first-order valence-electron chi connectivity index (χ1n) is 16.3. The van der Waals surface area contributed by atoms with E-state index in [-0.39, 0.29) is 37.0 Å². The molecule has 0 saturated carbocycles. The molecule has 2 rings (SSSR count). The van der Waals surface area contributed by atoms with E-state index < -0.39 is 77.2 Å². The molecular formula is C34H52N2O12. The summed E-state index contributed by atoms with van der Waals surface area (Å²) in [5.74, 6) is -6.38. The molecule has 0 fully saturated rings. The number of unbranched alkanes of at least 4 members (excludes halogenated alkanes) is 1. The van der Waals surface area contributed by atoms with E-state index in [0.29, 0.717) is 24.0 Å². The average Bonchev–Trinajstić information content (AvgIpc) is 3.29. The molecule has 14 nitrogen and oxygen atoms in total. The normalized spacial score (nSPS) is 18.6. The number of rotatable bonds is 18. The fraction of sp³-hybridized carbons (Fsp3) is 0.706. The van der Waals surface area contributed by atoms with E-state index in [0.717, 1.165) is 9.80 Å². The molecule has 0 bridgehead atoms. The van der Waals surface area contributed by atoms with Crippen LogP contribution in [0.3, 0.4) is 0 Å². The van der Waals surface area contributed by atoms with Gasteiger partial charge in [-0.1, -0.05) is 40.5 Å². The van der Waals surface area contributed by atoms with Crippen molar-refractivity contribution in [2.24, 2.45) is 11.3 Å². The molecule has 0 aromatic rings. The lowest BCUT2D eigenvalue weighted by Gasteiger charge is -2.44. The molecule has 1 N–H and O–H groups in total. The van der Waals surface area contributed by atoms with Gasteiger partial charge in [0, 0.05) is 35.3 Å². The predicted molar refractivity (Wildman–Crippen MR) is 171 cm³/mol. The molecule has 3 atom stereocenters. The van der Waals surface area contributed by atoms with Gasteiger partial charge in [0.25, 0.3) is 23.6 Å². The standard InChI is InChI=1S/C34H52N2O12/c1-12-15-25(32(6,7)8)44-47-34(18-17-26(37)38,36-29(41)22(4)23(5)30(36)42)24(31(43)45-48-46-33(9,10)11)16-13-14-19-35-27(39)20(2)21(3)28(35)40/h24-25H,12-19H2,1-11H3,(H,37,38). The monoisotopic (exact) mass is 680 g/mol. The van der Waals surface area contributed by atoms with E-state index in [9.17, 15) is 33.9 Å². The first-order chi connectivity index (χ1) is 22.1. The van der Waals surface area contributed by atoms with Crippen LogP contribution in [0.25, 0.3) is 0 Å². The molecule has 0 aliphatic carbocycles. The highest BCUT2D eigenvalue weighted by Gasteiger charge is 2.58. The first kappa shape index (κ1) is 40.7. The summed E-state index contributed by atoms with van der Waals surface area (Å²) < 4.78 is 0. The number of nitrogens with zero attached hydrogens (tertiary/aromatic N) is 2. The summed E-state index contributed by atoms with van der Waals surface area (Å²) in [7, 11) is 0. The molecule has 14 heteroatoms. The largest absolute Gasteiger partial charge is 0.481 e. The van der Waals surface area contributed by atoms with Gasteiger partial charge in [-0.05, 0) is 78.2 Å². The Hall–Kier alpha value is -3.46. The Bertz CT molecular complexity index is 1290. The van der Waals surface area contributed by atoms with Crippen molar-refractivity contribution in [1.82, 2.24) is 9.80 Å². The number of carbonyl (C=O) groups excluding carboxylic acids is 5. The molecule has 0 aromatic heterocycles. The maximum absolute atomic E-state index is 14.0. The number of hydrogen-bond acceptors (Lipinski definition) is 11. The highest BCUT2D eigenvalue weighted by molar-refractivity contribution is 6.19. The second-order valence-electron chi connectivity index (χ2n) is 14.5. The topological polar surface area (TPSA) is 175 Å². The number of imide groups is 2. The number of aliphatic carboxylic acids is 1. The number of carbonyl (C=O) groups is 6. The van der Waals surface area contributed by atoms with Crippen LogP contribution in [0.1, 0.15) is 121 Å². The second kappa shape index (κ2) is 16.3. The molecule has 48 heavy (non-hydrogen) atoms. The van der Waals surface area contributed by atoms with Crippen molar-refractivity contribution in [2.45, 2.75) is 139 Å². The van der Waals surface area contributed by atoms with Gasteiger partial charge in [-0.2, -0.15) is 4.89 Å². The minimum Gasteiger partial charge on any atom is -0.481 e. The van der Waals surface area contributed by atoms with Crippen LogP contribution in [-0.4, -0.2) is 74.4 Å². The highest BCUT2D eigenvalue weighted by Crippen LogP contribution is 2.42. The Morgan fingerprint density at radius 1 is 0.771 bits per heavy atom. The quantitative estimate of drug-likeness (QED) is 0.0878. The predicted octanol–water partition coefficient (Wildman–Crippen LogP) is 5.11. The van der Waals surface area contributed by atoms with Crippen LogP contribution in [0.5, 0.6) is 0 Å². The lowest BCUT2D eigenvalue weighted by molar-refractivity contribution is -0.517. The van der Waals surface area contributed by atoms with Gasteiger partial charge in [0.05, 0.1) is 18.1 Å². The van der Waals surface area contributed by atoms with Crippen molar-refractivity contribution >= 4 is 35.6 Å². The Labute approximate surface area is 282 Å². The van der Waals surface area contributed by atoms with Crippen molar-refractivity contribution in [3.8, 4) is 0 Å². The molecular weight excluding hydrogens is 628 g/mol. The molecule has 0 saturated heterocycles. The molecule has 4 amide bonds. The van der Waals surface area contributed by atoms with Crippen LogP contribution >= 0.6 is 0 Å². The van der Waals surface area contributed by atoms with Gasteiger partial charge in [0.15, 0.2) is 5.72 Å². The zero-order valence-electron chi connectivity index (χ0n) is 30.1. The third kappa shape index (κ3) is 9.58. The van der Waals surface area contributed by atoms with Crippen LogP contribution < -0.4 is 0 Å². The van der Waals surface area contributed by atoms with Gasteiger partial charge in [0.2, 0.25) is 0 Å². The van der Waals surface area contributed by atoms with Crippen LogP contribution in [0.4, 0.5) is 0 Å². The van der Waals surface area contributed by atoms with Crippen LogP contribution in [0.15, 0.2) is 22.3 Å². The number of hydrogen-bond donors (Lipinski definition) is 1. The van der Waals surface area contributed by atoms with Gasteiger partial charge < -0.3 is 5.11 Å². The molecule has 0 spiro atoms. The smallest absolute Gasteiger partial charge is 0.353 e. The zero-order chi connectivity index (χ0) is 36.8. The molecule has 2 aliphatic heterocycles. The fourth-order valence-corrected chi connectivity index (χ4v) is 5.36. The Morgan fingerprint density at radius 2 is 1.29 bits per heavy atom. The summed E-state index contributed by atoms with van der Waals surface area (Å²) in [6, 6.07) is 0. The summed E-state index contributed by atoms with van der Waals surface area (Å²) in [6.45, 7) is 18.6. The first-order valence-corrected chi connectivity index (χ1v) is 16.3. The minimum atomic E-state index is -2.32. The SMILES string of the molecule is CCCC(OOC(CCC(=O)O)(C(CCCCN1C(=O)C(C)=C(C)C1=O)C(=O)OOOC(C)(C)C)N1C(=O)C(C)=C(C)C1=O)C(C)(C)C. The van der Waals surface area contributed by atoms with Gasteiger partial charge in [-0.25, -0.2) is 19.5 Å². The molecule has 0 radical (unpaired) electrons. The van der Waals surface area contributed by atoms with E-state index >= 15 is 0 Å². The van der Waals surface area contributed by atoms with E-state index in [2.05, 4.69) is 0 Å². The second-order valence-corrected chi connectivity index (χ2v) is 14.5. The molecule has 270 valence electrons. The van der Waals surface area contributed by atoms with Crippen molar-refractivity contribution < 1.29 is 58.5 Å². The number of amides is 4. The number of carboxylic acid groups (broad SMARTS) is 1. The van der Waals surface area contributed by atoms with Crippen LogP contribution in [0, 0.1) is 11.3 Å². The van der Waals surface area contributed by atoms with Crippen LogP contribution in [0.2, 0.25) is 0 Å². The lowest BCUT2D eigenvalue weighted by atomic mass is 9.85. The molecule has 0 aromatic carbocycles. The lowest BCUT2D eigenvalue weighted by Crippen LogP contribution is -2.61. The fourth-order valence-electron chi connectivity index (χ4n) is 5.36. The average molecular weight is 681 g/mol. The van der Waals surface area contributed by atoms with Gasteiger partial charge >= 0.3 is 11.9 Å². The van der Waals surface area contributed by atoms with Crippen molar-refractivity contribution in [1.29, 1.82) is 0 Å². The molecule has 2 aliphatic rings. The van der Waals surface area contributed by atoms with E-state index in [1.54, 1.807) is 34.6 Å². The van der Waals surface area contributed by atoms with Gasteiger partial charge in [-0.3, -0.25) is 33.8 Å². The van der Waals surface area contributed by atoms with Crippen molar-refractivity contribution in [3.05, 3.63) is 22.3 Å². The summed E-state index contributed by atoms with van der Waals surface area (Å²) >= 11 is 0. The maximum atomic E-state index is 14.0. The van der Waals surface area contributed by atoms with Crippen molar-refractivity contribution in [3.63, 3.8) is 0 Å². The molecule has 2 heterocycles. The summed E-state index contributed by atoms with van der Waals surface area (Å²) in [5.41, 5.74) is -2.84. The van der Waals surface area contributed by atoms with E-state index in [1.807, 2.05) is 27.7 Å². The zero-order valence-corrected chi connectivity index (χ0v) is 30.1. The Balaban J connectivity index is 2.64.